The zero-order chi connectivity index (χ0) is 11.1. The molecular formula is C13H24O2. The van der Waals surface area contributed by atoms with Gasteiger partial charge in [0.25, 0.3) is 0 Å². The van der Waals surface area contributed by atoms with E-state index in [-0.39, 0.29) is 0 Å². The van der Waals surface area contributed by atoms with Gasteiger partial charge in [-0.25, -0.2) is 0 Å². The smallest absolute Gasteiger partial charge is 0.303 e. The summed E-state index contributed by atoms with van der Waals surface area (Å²) in [4.78, 5) is 10.3. The van der Waals surface area contributed by atoms with E-state index in [1.165, 1.54) is 38.5 Å². The molecule has 1 fully saturated rings. The molecule has 15 heavy (non-hydrogen) atoms. The van der Waals surface area contributed by atoms with Crippen LogP contribution in [0.15, 0.2) is 0 Å². The van der Waals surface area contributed by atoms with Gasteiger partial charge in [-0.1, -0.05) is 51.9 Å². The number of carboxylic acid groups (broad SMARTS) is 1. The molecule has 0 saturated heterocycles. The first kappa shape index (κ1) is 12.5. The second kappa shape index (κ2) is 6.86. The zero-order valence-corrected chi connectivity index (χ0v) is 9.87. The van der Waals surface area contributed by atoms with Crippen LogP contribution in [-0.4, -0.2) is 11.1 Å². The number of hydrogen-bond donors (Lipinski definition) is 1. The Kier molecular flexibility index (Phi) is 5.74. The predicted molar refractivity (Wildman–Crippen MR) is 61.8 cm³/mol. The summed E-state index contributed by atoms with van der Waals surface area (Å²) >= 11 is 0. The second-order valence-corrected chi connectivity index (χ2v) is 5.12. The van der Waals surface area contributed by atoms with Gasteiger partial charge in [-0.2, -0.15) is 0 Å². The minimum Gasteiger partial charge on any atom is -0.481 e. The van der Waals surface area contributed by atoms with E-state index in [2.05, 4.69) is 6.92 Å². The predicted octanol–water partition coefficient (Wildman–Crippen LogP) is 3.85. The van der Waals surface area contributed by atoms with Gasteiger partial charge in [-0.3, -0.25) is 4.79 Å². The summed E-state index contributed by atoms with van der Waals surface area (Å²) < 4.78 is 0. The van der Waals surface area contributed by atoms with Gasteiger partial charge >= 0.3 is 5.97 Å². The lowest BCUT2D eigenvalue weighted by Crippen LogP contribution is -2.11. The van der Waals surface area contributed by atoms with Crippen LogP contribution in [0.2, 0.25) is 0 Å². The van der Waals surface area contributed by atoms with Gasteiger partial charge in [0.1, 0.15) is 0 Å². The Morgan fingerprint density at radius 3 is 2.53 bits per heavy atom. The molecule has 2 heteroatoms. The highest BCUT2D eigenvalue weighted by atomic mass is 16.4. The lowest BCUT2D eigenvalue weighted by Gasteiger charge is -2.25. The van der Waals surface area contributed by atoms with Crippen molar-refractivity contribution in [2.24, 2.45) is 11.8 Å². The molecule has 1 unspecified atom stereocenters. The Bertz CT molecular complexity index is 185. The molecule has 1 N–H and O–H groups in total. The standard InChI is InChI=1S/C13H24O2/c1-11(6-3-10-13(14)15)5-2-7-12-8-4-9-12/h11-12H,2-10H2,1H3,(H,14,15). The molecule has 0 spiro atoms. The van der Waals surface area contributed by atoms with Crippen molar-refractivity contribution in [3.63, 3.8) is 0 Å². The highest BCUT2D eigenvalue weighted by Crippen LogP contribution is 2.31. The van der Waals surface area contributed by atoms with Crippen molar-refractivity contribution in [1.82, 2.24) is 0 Å². The maximum atomic E-state index is 10.3. The van der Waals surface area contributed by atoms with Crippen molar-refractivity contribution in [1.29, 1.82) is 0 Å². The van der Waals surface area contributed by atoms with E-state index in [1.54, 1.807) is 0 Å². The average molecular weight is 212 g/mol. The summed E-state index contributed by atoms with van der Waals surface area (Å²) in [5, 5.41) is 8.51. The summed E-state index contributed by atoms with van der Waals surface area (Å²) in [6.45, 7) is 2.25. The highest BCUT2D eigenvalue weighted by molar-refractivity contribution is 5.66. The first-order valence-electron chi connectivity index (χ1n) is 6.40. The molecule has 1 rings (SSSR count). The summed E-state index contributed by atoms with van der Waals surface area (Å²) in [6, 6.07) is 0. The highest BCUT2D eigenvalue weighted by Gasteiger charge is 2.16. The van der Waals surface area contributed by atoms with Crippen LogP contribution in [-0.2, 0) is 4.79 Å². The molecule has 2 nitrogen and oxygen atoms in total. The van der Waals surface area contributed by atoms with Crippen molar-refractivity contribution in [2.45, 2.75) is 64.7 Å². The molecule has 0 aromatic rings. The Hall–Kier alpha value is -0.530. The molecule has 88 valence electrons. The minimum atomic E-state index is -0.656. The Balaban J connectivity index is 1.88. The fourth-order valence-corrected chi connectivity index (χ4v) is 2.28. The van der Waals surface area contributed by atoms with Gasteiger partial charge in [0, 0.05) is 6.42 Å². The Morgan fingerprint density at radius 2 is 2.00 bits per heavy atom. The van der Waals surface area contributed by atoms with E-state index in [0.717, 1.165) is 18.8 Å². The maximum Gasteiger partial charge on any atom is 0.303 e. The Morgan fingerprint density at radius 1 is 1.33 bits per heavy atom. The Labute approximate surface area is 93.1 Å². The average Bonchev–Trinajstić information content (AvgIpc) is 2.08. The van der Waals surface area contributed by atoms with Crippen molar-refractivity contribution in [3.8, 4) is 0 Å². The zero-order valence-electron chi connectivity index (χ0n) is 9.87. The molecule has 1 aliphatic carbocycles. The quantitative estimate of drug-likeness (QED) is 0.663. The minimum absolute atomic E-state index is 0.340. The molecule has 0 aromatic carbocycles. The first-order valence-corrected chi connectivity index (χ1v) is 6.40. The fraction of sp³-hybridized carbons (Fsp3) is 0.923. The molecule has 1 atom stereocenters. The summed E-state index contributed by atoms with van der Waals surface area (Å²) in [6.07, 6.45) is 10.7. The van der Waals surface area contributed by atoms with Crippen LogP contribution >= 0.6 is 0 Å². The number of hydrogen-bond acceptors (Lipinski definition) is 1. The third-order valence-electron chi connectivity index (χ3n) is 3.62. The van der Waals surface area contributed by atoms with Gasteiger partial charge < -0.3 is 5.11 Å². The molecule has 1 saturated carbocycles. The van der Waals surface area contributed by atoms with Crippen LogP contribution in [0.4, 0.5) is 0 Å². The van der Waals surface area contributed by atoms with E-state index in [0.29, 0.717) is 12.3 Å². The van der Waals surface area contributed by atoms with Crippen LogP contribution < -0.4 is 0 Å². The summed E-state index contributed by atoms with van der Waals surface area (Å²) in [7, 11) is 0. The van der Waals surface area contributed by atoms with Crippen molar-refractivity contribution < 1.29 is 9.90 Å². The third kappa shape index (κ3) is 5.81. The molecule has 0 amide bonds. The second-order valence-electron chi connectivity index (χ2n) is 5.12. The first-order chi connectivity index (χ1) is 7.18. The van der Waals surface area contributed by atoms with E-state index >= 15 is 0 Å². The third-order valence-corrected chi connectivity index (χ3v) is 3.62. The number of rotatable bonds is 8. The van der Waals surface area contributed by atoms with Crippen molar-refractivity contribution >= 4 is 5.97 Å². The van der Waals surface area contributed by atoms with E-state index < -0.39 is 5.97 Å². The maximum absolute atomic E-state index is 10.3. The number of carbonyl (C=O) groups is 1. The normalized spacial score (nSPS) is 18.5. The lowest BCUT2D eigenvalue weighted by atomic mass is 9.81. The molecular weight excluding hydrogens is 188 g/mol. The molecule has 0 aromatic heterocycles. The van der Waals surface area contributed by atoms with Crippen LogP contribution in [0, 0.1) is 11.8 Å². The largest absolute Gasteiger partial charge is 0.481 e. The van der Waals surface area contributed by atoms with Crippen LogP contribution in [0.3, 0.4) is 0 Å². The molecule has 0 radical (unpaired) electrons. The fourth-order valence-electron chi connectivity index (χ4n) is 2.28. The number of aliphatic carboxylic acids is 1. The number of carboxylic acids is 1. The van der Waals surface area contributed by atoms with Crippen LogP contribution in [0.5, 0.6) is 0 Å². The molecule has 1 aliphatic rings. The van der Waals surface area contributed by atoms with Gasteiger partial charge in [-0.05, 0) is 18.3 Å². The van der Waals surface area contributed by atoms with Crippen molar-refractivity contribution in [2.75, 3.05) is 0 Å². The molecule has 0 bridgehead atoms. The van der Waals surface area contributed by atoms with Crippen molar-refractivity contribution in [3.05, 3.63) is 0 Å². The lowest BCUT2D eigenvalue weighted by molar-refractivity contribution is -0.137. The summed E-state index contributed by atoms with van der Waals surface area (Å²) in [5.74, 6) is 1.08. The molecule has 0 heterocycles. The van der Waals surface area contributed by atoms with E-state index in [4.69, 9.17) is 5.11 Å². The topological polar surface area (TPSA) is 37.3 Å². The van der Waals surface area contributed by atoms with E-state index in [9.17, 15) is 4.79 Å². The van der Waals surface area contributed by atoms with Gasteiger partial charge in [0.05, 0.1) is 0 Å². The van der Waals surface area contributed by atoms with Crippen LogP contribution in [0.1, 0.15) is 64.7 Å². The van der Waals surface area contributed by atoms with Gasteiger partial charge in [-0.15, -0.1) is 0 Å². The van der Waals surface area contributed by atoms with E-state index in [1.807, 2.05) is 0 Å². The summed E-state index contributed by atoms with van der Waals surface area (Å²) in [5.41, 5.74) is 0. The van der Waals surface area contributed by atoms with Crippen LogP contribution in [0.25, 0.3) is 0 Å². The SMILES string of the molecule is CC(CCCC(=O)O)CCCC1CCC1. The monoisotopic (exact) mass is 212 g/mol. The van der Waals surface area contributed by atoms with Gasteiger partial charge in [0.15, 0.2) is 0 Å². The molecule has 0 aliphatic heterocycles. The van der Waals surface area contributed by atoms with Gasteiger partial charge in [0.2, 0.25) is 0 Å².